The number of benzene rings is 2. The Labute approximate surface area is 161 Å². The molecule has 136 valence electrons. The first-order valence-electron chi connectivity index (χ1n) is 8.57. The summed E-state index contributed by atoms with van der Waals surface area (Å²) >= 11 is 3.42. The van der Waals surface area contributed by atoms with Crippen molar-refractivity contribution in [2.24, 2.45) is 0 Å². The number of nitrogens with zero attached hydrogens (tertiary/aromatic N) is 1. The fourth-order valence-electron chi connectivity index (χ4n) is 3.39. The first-order valence-corrected chi connectivity index (χ1v) is 9.36. The van der Waals surface area contributed by atoms with Crippen LogP contribution in [0.4, 0.5) is 9.18 Å². The molecule has 0 spiro atoms. The van der Waals surface area contributed by atoms with E-state index in [0.717, 1.165) is 15.6 Å². The number of amides is 1. The molecule has 2 atom stereocenters. The van der Waals surface area contributed by atoms with Gasteiger partial charge in [-0.15, -0.1) is 6.58 Å². The molecule has 0 aliphatic carbocycles. The maximum Gasteiger partial charge on any atom is 0.411 e. The maximum absolute atomic E-state index is 13.3. The third-order valence-corrected chi connectivity index (χ3v) is 5.47. The molecule has 26 heavy (non-hydrogen) atoms. The Morgan fingerprint density at radius 1 is 1.27 bits per heavy atom. The van der Waals surface area contributed by atoms with Crippen molar-refractivity contribution in [1.29, 1.82) is 0 Å². The number of hydrogen-bond donors (Lipinski definition) is 0. The number of cyclic esters (lactones) is 1. The Morgan fingerprint density at radius 2 is 1.92 bits per heavy atom. The third kappa shape index (κ3) is 3.68. The van der Waals surface area contributed by atoms with Gasteiger partial charge in [0.25, 0.3) is 0 Å². The van der Waals surface area contributed by atoms with Crippen LogP contribution in [-0.4, -0.2) is 17.5 Å². The second-order valence-corrected chi connectivity index (χ2v) is 7.45. The van der Waals surface area contributed by atoms with Crippen molar-refractivity contribution < 1.29 is 13.9 Å². The van der Waals surface area contributed by atoms with Crippen molar-refractivity contribution in [2.45, 2.75) is 31.4 Å². The predicted molar refractivity (Wildman–Crippen MR) is 103 cm³/mol. The molecule has 1 heterocycles. The van der Waals surface area contributed by atoms with E-state index in [1.54, 1.807) is 23.1 Å². The molecule has 0 saturated carbocycles. The summed E-state index contributed by atoms with van der Waals surface area (Å²) in [6.45, 7) is 6.34. The number of hydrogen-bond acceptors (Lipinski definition) is 2. The topological polar surface area (TPSA) is 29.5 Å². The molecule has 1 amide bonds. The van der Waals surface area contributed by atoms with Crippen LogP contribution >= 0.6 is 15.9 Å². The summed E-state index contributed by atoms with van der Waals surface area (Å²) in [4.78, 5) is 14.5. The van der Waals surface area contributed by atoms with Crippen molar-refractivity contribution in [3.05, 3.63) is 82.6 Å². The lowest BCUT2D eigenvalue weighted by molar-refractivity contribution is -0.0588. The second-order valence-electron chi connectivity index (χ2n) is 6.53. The van der Waals surface area contributed by atoms with Gasteiger partial charge in [0.2, 0.25) is 0 Å². The lowest BCUT2D eigenvalue weighted by atomic mass is 9.85. The zero-order valence-electron chi connectivity index (χ0n) is 14.6. The number of carbonyl (C=O) groups excluding carboxylic acids is 1. The van der Waals surface area contributed by atoms with Gasteiger partial charge in [0.15, 0.2) is 0 Å². The monoisotopic (exact) mass is 417 g/mol. The summed E-state index contributed by atoms with van der Waals surface area (Å²) in [5, 5.41) is 0. The highest BCUT2D eigenvalue weighted by Crippen LogP contribution is 2.39. The molecule has 0 bridgehead atoms. The lowest BCUT2D eigenvalue weighted by Gasteiger charge is -2.43. The highest BCUT2D eigenvalue weighted by Gasteiger charge is 2.42. The number of halogens is 2. The van der Waals surface area contributed by atoms with E-state index < -0.39 is 5.60 Å². The zero-order chi connectivity index (χ0) is 18.7. The fraction of sp³-hybridized carbons (Fsp3) is 0.286. The van der Waals surface area contributed by atoms with E-state index >= 15 is 0 Å². The van der Waals surface area contributed by atoms with E-state index in [2.05, 4.69) is 22.5 Å². The second kappa shape index (κ2) is 7.62. The first kappa shape index (κ1) is 18.6. The molecular formula is C21H21BrFNO2. The molecule has 1 aliphatic heterocycles. The van der Waals surface area contributed by atoms with E-state index in [-0.39, 0.29) is 18.0 Å². The summed E-state index contributed by atoms with van der Waals surface area (Å²) in [6, 6.07) is 14.0. The normalized spacial score (nSPS) is 21.2. The Bertz CT molecular complexity index is 791. The van der Waals surface area contributed by atoms with Crippen molar-refractivity contribution >= 4 is 22.0 Å². The molecule has 2 aromatic rings. The number of ether oxygens (including phenoxy) is 1. The van der Waals surface area contributed by atoms with Gasteiger partial charge in [0, 0.05) is 23.9 Å². The largest absolute Gasteiger partial charge is 0.437 e. The average molecular weight is 418 g/mol. The smallest absolute Gasteiger partial charge is 0.411 e. The van der Waals surface area contributed by atoms with Crippen molar-refractivity contribution in [3.8, 4) is 0 Å². The van der Waals surface area contributed by atoms with Gasteiger partial charge in [-0.3, -0.25) is 0 Å². The summed E-state index contributed by atoms with van der Waals surface area (Å²) in [5.74, 6) is -0.310. The van der Waals surface area contributed by atoms with E-state index in [9.17, 15) is 9.18 Å². The van der Waals surface area contributed by atoms with Crippen LogP contribution in [-0.2, 0) is 10.3 Å². The van der Waals surface area contributed by atoms with Crippen LogP contribution in [0.1, 0.15) is 36.9 Å². The molecule has 0 N–H and O–H groups in total. The molecule has 0 aromatic heterocycles. The Balaban J connectivity index is 1.83. The van der Waals surface area contributed by atoms with Crippen LogP contribution in [0.2, 0.25) is 0 Å². The molecule has 0 radical (unpaired) electrons. The average Bonchev–Trinajstić information content (AvgIpc) is 2.63. The van der Waals surface area contributed by atoms with Gasteiger partial charge in [-0.1, -0.05) is 46.3 Å². The van der Waals surface area contributed by atoms with Crippen LogP contribution < -0.4 is 0 Å². The molecule has 2 aromatic carbocycles. The van der Waals surface area contributed by atoms with Crippen molar-refractivity contribution in [3.63, 3.8) is 0 Å². The van der Waals surface area contributed by atoms with Crippen molar-refractivity contribution in [2.75, 3.05) is 6.54 Å². The highest BCUT2D eigenvalue weighted by atomic mass is 79.9. The summed E-state index contributed by atoms with van der Waals surface area (Å²) in [7, 11) is 0. The zero-order valence-corrected chi connectivity index (χ0v) is 16.2. The quantitative estimate of drug-likeness (QED) is 0.561. The van der Waals surface area contributed by atoms with Gasteiger partial charge in [-0.25, -0.2) is 9.18 Å². The number of rotatable bonds is 5. The van der Waals surface area contributed by atoms with E-state index in [0.29, 0.717) is 19.4 Å². The van der Waals surface area contributed by atoms with Gasteiger partial charge >= 0.3 is 6.09 Å². The van der Waals surface area contributed by atoms with Crippen molar-refractivity contribution in [1.82, 2.24) is 4.90 Å². The molecule has 3 rings (SSSR count). The van der Waals surface area contributed by atoms with E-state index in [1.165, 1.54) is 12.1 Å². The van der Waals surface area contributed by atoms with Crippen LogP contribution in [0.5, 0.6) is 0 Å². The Morgan fingerprint density at radius 3 is 2.50 bits per heavy atom. The first-order chi connectivity index (χ1) is 12.4. The van der Waals surface area contributed by atoms with Crippen LogP contribution in [0, 0.1) is 5.82 Å². The molecule has 3 nitrogen and oxygen atoms in total. The van der Waals surface area contributed by atoms with Gasteiger partial charge in [0.1, 0.15) is 11.4 Å². The molecule has 1 saturated heterocycles. The van der Waals surface area contributed by atoms with Gasteiger partial charge in [-0.2, -0.15) is 0 Å². The van der Waals surface area contributed by atoms with Gasteiger partial charge in [0.05, 0.1) is 6.04 Å². The van der Waals surface area contributed by atoms with Crippen LogP contribution in [0.15, 0.2) is 65.7 Å². The highest BCUT2D eigenvalue weighted by molar-refractivity contribution is 9.10. The minimum absolute atomic E-state index is 0.0921. The lowest BCUT2D eigenvalue weighted by Crippen LogP contribution is -2.48. The summed E-state index contributed by atoms with van der Waals surface area (Å²) in [6.07, 6.45) is 2.49. The molecule has 1 fully saturated rings. The third-order valence-electron chi connectivity index (χ3n) is 4.94. The molecule has 1 aliphatic rings. The molecule has 1 unspecified atom stereocenters. The number of carbonyl (C=O) groups is 1. The minimum atomic E-state index is -0.789. The van der Waals surface area contributed by atoms with E-state index in [1.807, 2.05) is 31.2 Å². The van der Waals surface area contributed by atoms with Gasteiger partial charge < -0.3 is 9.64 Å². The maximum atomic E-state index is 13.3. The molecule has 5 heteroatoms. The SMILES string of the molecule is C=CCC1(c2ccc(F)cc2)CCN([C@H](C)c2ccc(Br)cc2)C(=O)O1. The Hall–Kier alpha value is -2.14. The summed E-state index contributed by atoms with van der Waals surface area (Å²) in [5.41, 5.74) is 1.05. The summed E-state index contributed by atoms with van der Waals surface area (Å²) < 4.78 is 20.2. The Kier molecular flexibility index (Phi) is 5.47. The van der Waals surface area contributed by atoms with Gasteiger partial charge in [-0.05, 0) is 42.3 Å². The standard InChI is InChI=1S/C21H21BrFNO2/c1-3-12-21(17-6-10-19(23)11-7-17)13-14-24(20(25)26-21)15(2)16-4-8-18(22)9-5-16/h3-11,15H,1,12-14H2,2H3/t15-,21?/m1/s1. The van der Waals surface area contributed by atoms with Crippen LogP contribution in [0.25, 0.3) is 0 Å². The minimum Gasteiger partial charge on any atom is -0.437 e. The fourth-order valence-corrected chi connectivity index (χ4v) is 3.66. The molecular weight excluding hydrogens is 397 g/mol. The predicted octanol–water partition coefficient (Wildman–Crippen LogP) is 5.96. The van der Waals surface area contributed by atoms with E-state index in [4.69, 9.17) is 4.74 Å². The van der Waals surface area contributed by atoms with Crippen LogP contribution in [0.3, 0.4) is 0 Å².